The molecular weight excluding hydrogens is 320 g/mol. The summed E-state index contributed by atoms with van der Waals surface area (Å²) in [5.74, 6) is -1.35. The molecule has 3 aromatic carbocycles. The molecule has 24 heavy (non-hydrogen) atoms. The summed E-state index contributed by atoms with van der Waals surface area (Å²) in [6, 6.07) is 18.3. The zero-order chi connectivity index (χ0) is 16.7. The van der Waals surface area contributed by atoms with Crippen LogP contribution in [0.4, 0.5) is 0 Å². The number of benzene rings is 3. The predicted octanol–water partition coefficient (Wildman–Crippen LogP) is 4.98. The Morgan fingerprint density at radius 1 is 0.792 bits per heavy atom. The highest BCUT2D eigenvalue weighted by molar-refractivity contribution is 7.17. The van der Waals surface area contributed by atoms with E-state index >= 15 is 0 Å². The van der Waals surface area contributed by atoms with Gasteiger partial charge in [-0.25, -0.2) is 4.79 Å². The molecule has 0 saturated heterocycles. The van der Waals surface area contributed by atoms with E-state index in [1.54, 1.807) is 17.5 Å². The monoisotopic (exact) mass is 332 g/mol. The topological polar surface area (TPSA) is 54.4 Å². The van der Waals surface area contributed by atoms with Crippen LogP contribution in [0.25, 0.3) is 20.9 Å². The molecule has 0 atom stereocenters. The number of rotatable bonds is 3. The van der Waals surface area contributed by atoms with E-state index in [-0.39, 0.29) is 16.9 Å². The highest BCUT2D eigenvalue weighted by atomic mass is 32.1. The van der Waals surface area contributed by atoms with Crippen LogP contribution in [0.5, 0.6) is 0 Å². The fourth-order valence-electron chi connectivity index (χ4n) is 2.90. The van der Waals surface area contributed by atoms with Gasteiger partial charge in [0.25, 0.3) is 0 Å². The number of carboxylic acid groups (broad SMARTS) is 1. The van der Waals surface area contributed by atoms with Gasteiger partial charge in [0.2, 0.25) is 0 Å². The van der Waals surface area contributed by atoms with Gasteiger partial charge >= 0.3 is 5.97 Å². The second kappa shape index (κ2) is 5.58. The number of fused-ring (bicyclic) bond motifs is 2. The van der Waals surface area contributed by atoms with Crippen molar-refractivity contribution in [3.63, 3.8) is 0 Å². The van der Waals surface area contributed by atoms with Crippen molar-refractivity contribution in [1.29, 1.82) is 0 Å². The Morgan fingerprint density at radius 2 is 1.42 bits per heavy atom. The average molecular weight is 332 g/mol. The molecule has 0 aliphatic carbocycles. The molecule has 0 spiro atoms. The van der Waals surface area contributed by atoms with E-state index in [1.807, 2.05) is 48.5 Å². The minimum Gasteiger partial charge on any atom is -0.478 e. The van der Waals surface area contributed by atoms with E-state index in [4.69, 9.17) is 0 Å². The third-order valence-electron chi connectivity index (χ3n) is 4.09. The lowest BCUT2D eigenvalue weighted by Crippen LogP contribution is -2.09. The normalized spacial score (nSPS) is 11.0. The molecule has 4 aromatic rings. The SMILES string of the molecule is O=C(O)c1cc2ccccc2cc1C(=O)c1csc2ccccc12. The van der Waals surface area contributed by atoms with Crippen molar-refractivity contribution < 1.29 is 14.7 Å². The highest BCUT2D eigenvalue weighted by Gasteiger charge is 2.21. The van der Waals surface area contributed by atoms with Crippen molar-refractivity contribution >= 4 is 43.9 Å². The summed E-state index contributed by atoms with van der Waals surface area (Å²) in [6.45, 7) is 0. The zero-order valence-corrected chi connectivity index (χ0v) is 13.3. The van der Waals surface area contributed by atoms with E-state index in [9.17, 15) is 14.7 Å². The summed E-state index contributed by atoms with van der Waals surface area (Å²) in [6.07, 6.45) is 0. The number of thiophene rings is 1. The van der Waals surface area contributed by atoms with Gasteiger partial charge in [0.1, 0.15) is 0 Å². The highest BCUT2D eigenvalue weighted by Crippen LogP contribution is 2.30. The summed E-state index contributed by atoms with van der Waals surface area (Å²) < 4.78 is 1.01. The molecule has 4 heteroatoms. The van der Waals surface area contributed by atoms with Crippen molar-refractivity contribution in [1.82, 2.24) is 0 Å². The van der Waals surface area contributed by atoms with Crippen LogP contribution < -0.4 is 0 Å². The first-order valence-electron chi connectivity index (χ1n) is 7.42. The number of hydrogen-bond acceptors (Lipinski definition) is 3. The maximum Gasteiger partial charge on any atom is 0.336 e. The summed E-state index contributed by atoms with van der Waals surface area (Å²) in [4.78, 5) is 24.7. The Labute approximate surface area is 141 Å². The van der Waals surface area contributed by atoms with Crippen LogP contribution in [0.3, 0.4) is 0 Å². The maximum absolute atomic E-state index is 13.0. The van der Waals surface area contributed by atoms with Gasteiger partial charge in [-0.05, 0) is 29.0 Å². The molecule has 0 aliphatic rings. The van der Waals surface area contributed by atoms with Gasteiger partial charge < -0.3 is 5.11 Å². The molecule has 1 heterocycles. The lowest BCUT2D eigenvalue weighted by atomic mass is 9.94. The summed E-state index contributed by atoms with van der Waals surface area (Å²) in [5.41, 5.74) is 0.812. The Balaban J connectivity index is 1.96. The summed E-state index contributed by atoms with van der Waals surface area (Å²) in [5, 5.41) is 13.9. The molecule has 0 aliphatic heterocycles. The Morgan fingerprint density at radius 3 is 2.12 bits per heavy atom. The lowest BCUT2D eigenvalue weighted by Gasteiger charge is -2.08. The van der Waals surface area contributed by atoms with Gasteiger partial charge in [-0.2, -0.15) is 0 Å². The molecule has 3 nitrogen and oxygen atoms in total. The molecule has 1 aromatic heterocycles. The Hall–Kier alpha value is -2.98. The summed E-state index contributed by atoms with van der Waals surface area (Å²) >= 11 is 1.49. The van der Waals surface area contributed by atoms with E-state index < -0.39 is 5.97 Å². The minimum atomic E-state index is -1.09. The molecule has 0 fully saturated rings. The second-order valence-corrected chi connectivity index (χ2v) is 6.44. The van der Waals surface area contributed by atoms with Crippen molar-refractivity contribution in [2.45, 2.75) is 0 Å². The van der Waals surface area contributed by atoms with Crippen molar-refractivity contribution in [2.24, 2.45) is 0 Å². The first-order valence-corrected chi connectivity index (χ1v) is 8.30. The van der Waals surface area contributed by atoms with Crippen LogP contribution in [0.2, 0.25) is 0 Å². The molecule has 0 saturated carbocycles. The largest absolute Gasteiger partial charge is 0.478 e. The number of hydrogen-bond donors (Lipinski definition) is 1. The second-order valence-electron chi connectivity index (χ2n) is 5.52. The fraction of sp³-hybridized carbons (Fsp3) is 0. The maximum atomic E-state index is 13.0. The number of carbonyl (C=O) groups is 2. The van der Waals surface area contributed by atoms with Crippen LogP contribution >= 0.6 is 11.3 Å². The van der Waals surface area contributed by atoms with Gasteiger partial charge in [0, 0.05) is 26.6 Å². The van der Waals surface area contributed by atoms with Crippen LogP contribution in [-0.2, 0) is 0 Å². The number of carboxylic acids is 1. The predicted molar refractivity (Wildman–Crippen MR) is 96.2 cm³/mol. The Bertz CT molecular complexity index is 1110. The molecule has 0 unspecified atom stereocenters. The van der Waals surface area contributed by atoms with Gasteiger partial charge in [-0.1, -0.05) is 42.5 Å². The van der Waals surface area contributed by atoms with Gasteiger partial charge in [0.05, 0.1) is 5.56 Å². The van der Waals surface area contributed by atoms with E-state index in [0.29, 0.717) is 5.56 Å². The molecule has 116 valence electrons. The van der Waals surface area contributed by atoms with Gasteiger partial charge in [-0.3, -0.25) is 4.79 Å². The van der Waals surface area contributed by atoms with E-state index in [1.165, 1.54) is 11.3 Å². The van der Waals surface area contributed by atoms with Gasteiger partial charge in [-0.15, -0.1) is 11.3 Å². The van der Waals surface area contributed by atoms with Crippen molar-refractivity contribution in [2.75, 3.05) is 0 Å². The smallest absolute Gasteiger partial charge is 0.336 e. The first-order chi connectivity index (χ1) is 11.6. The van der Waals surface area contributed by atoms with Crippen LogP contribution in [0.1, 0.15) is 26.3 Å². The molecular formula is C20H12O3S. The van der Waals surface area contributed by atoms with Gasteiger partial charge in [0.15, 0.2) is 5.78 Å². The third kappa shape index (κ3) is 2.28. The zero-order valence-electron chi connectivity index (χ0n) is 12.5. The number of ketones is 1. The van der Waals surface area contributed by atoms with E-state index in [2.05, 4.69) is 0 Å². The summed E-state index contributed by atoms with van der Waals surface area (Å²) in [7, 11) is 0. The lowest BCUT2D eigenvalue weighted by molar-refractivity contribution is 0.0693. The molecule has 0 amide bonds. The first kappa shape index (κ1) is 14.6. The molecule has 0 radical (unpaired) electrons. The number of carbonyl (C=O) groups excluding carboxylic acids is 1. The quantitative estimate of drug-likeness (QED) is 0.538. The van der Waals surface area contributed by atoms with Crippen LogP contribution in [0.15, 0.2) is 66.0 Å². The van der Waals surface area contributed by atoms with Crippen LogP contribution in [0, 0.1) is 0 Å². The molecule has 0 bridgehead atoms. The fourth-order valence-corrected chi connectivity index (χ4v) is 3.84. The average Bonchev–Trinajstić information content (AvgIpc) is 3.04. The molecule has 1 N–H and O–H groups in total. The van der Waals surface area contributed by atoms with Crippen molar-refractivity contribution in [3.8, 4) is 0 Å². The molecule has 4 rings (SSSR count). The third-order valence-corrected chi connectivity index (χ3v) is 5.05. The van der Waals surface area contributed by atoms with E-state index in [0.717, 1.165) is 20.9 Å². The Kier molecular flexibility index (Phi) is 3.40. The van der Waals surface area contributed by atoms with Crippen LogP contribution in [-0.4, -0.2) is 16.9 Å². The standard InChI is InChI=1S/C20H12O3S/c21-19(17-11-24-18-8-4-3-7-14(17)18)15-9-12-5-1-2-6-13(12)10-16(15)20(22)23/h1-11H,(H,22,23). The number of aromatic carboxylic acids is 1. The van der Waals surface area contributed by atoms with Crippen molar-refractivity contribution in [3.05, 3.63) is 82.7 Å². The minimum absolute atomic E-state index is 0.0361.